The molecule has 0 atom stereocenters. The molecule has 0 saturated carbocycles. The number of nitrogens with zero attached hydrogens (tertiary/aromatic N) is 1. The summed E-state index contributed by atoms with van der Waals surface area (Å²) in [5.74, 6) is -2.02. The van der Waals surface area contributed by atoms with Gasteiger partial charge in [-0.3, -0.25) is 0 Å². The third-order valence-electron chi connectivity index (χ3n) is 2.12. The topological polar surface area (TPSA) is 48.1 Å². The standard InChI is InChI=1S/C12H10F2N2O/c13-9-4-2-5-10(12(9)14)17-11-6-1-3-8(7-15)16-11/h1-6H,7,15H2. The van der Waals surface area contributed by atoms with Gasteiger partial charge in [0.05, 0.1) is 5.69 Å². The van der Waals surface area contributed by atoms with Crippen molar-refractivity contribution < 1.29 is 13.5 Å². The molecule has 1 aromatic heterocycles. The lowest BCUT2D eigenvalue weighted by molar-refractivity contribution is 0.404. The second-order valence-corrected chi connectivity index (χ2v) is 3.33. The Hall–Kier alpha value is -2.01. The minimum Gasteiger partial charge on any atom is -0.436 e. The molecule has 0 unspecified atom stereocenters. The van der Waals surface area contributed by atoms with Crippen LogP contribution in [0.25, 0.3) is 0 Å². The van der Waals surface area contributed by atoms with E-state index < -0.39 is 11.6 Å². The monoisotopic (exact) mass is 236 g/mol. The maximum Gasteiger partial charge on any atom is 0.219 e. The first-order valence-electron chi connectivity index (χ1n) is 4.98. The minimum atomic E-state index is -1.03. The van der Waals surface area contributed by atoms with Crippen molar-refractivity contribution in [1.82, 2.24) is 4.98 Å². The van der Waals surface area contributed by atoms with E-state index in [1.807, 2.05) is 0 Å². The zero-order valence-corrected chi connectivity index (χ0v) is 8.86. The van der Waals surface area contributed by atoms with E-state index in [9.17, 15) is 8.78 Å². The van der Waals surface area contributed by atoms with Crippen molar-refractivity contribution in [3.05, 3.63) is 53.7 Å². The molecule has 0 amide bonds. The maximum absolute atomic E-state index is 13.3. The van der Waals surface area contributed by atoms with Crippen LogP contribution >= 0.6 is 0 Å². The van der Waals surface area contributed by atoms with E-state index in [2.05, 4.69) is 4.98 Å². The zero-order chi connectivity index (χ0) is 12.3. The van der Waals surface area contributed by atoms with Crippen LogP contribution in [-0.2, 0) is 6.54 Å². The van der Waals surface area contributed by atoms with Gasteiger partial charge in [-0.2, -0.15) is 4.39 Å². The summed E-state index contributed by atoms with van der Waals surface area (Å²) in [6, 6.07) is 8.65. The maximum atomic E-state index is 13.3. The van der Waals surface area contributed by atoms with Gasteiger partial charge in [-0.05, 0) is 18.2 Å². The molecule has 0 radical (unpaired) electrons. The Morgan fingerprint density at radius 1 is 1.12 bits per heavy atom. The summed E-state index contributed by atoms with van der Waals surface area (Å²) in [7, 11) is 0. The van der Waals surface area contributed by atoms with E-state index in [1.54, 1.807) is 18.2 Å². The van der Waals surface area contributed by atoms with Crippen LogP contribution in [-0.4, -0.2) is 4.98 Å². The molecule has 1 aromatic carbocycles. The van der Waals surface area contributed by atoms with Gasteiger partial charge >= 0.3 is 0 Å². The van der Waals surface area contributed by atoms with Crippen molar-refractivity contribution in [1.29, 1.82) is 0 Å². The van der Waals surface area contributed by atoms with Gasteiger partial charge in [0.2, 0.25) is 11.7 Å². The van der Waals surface area contributed by atoms with Crippen molar-refractivity contribution in [2.24, 2.45) is 5.73 Å². The van der Waals surface area contributed by atoms with Crippen LogP contribution in [0, 0.1) is 11.6 Å². The van der Waals surface area contributed by atoms with Crippen LogP contribution in [0.1, 0.15) is 5.69 Å². The Kier molecular flexibility index (Phi) is 3.30. The molecule has 3 nitrogen and oxygen atoms in total. The van der Waals surface area contributed by atoms with E-state index in [0.717, 1.165) is 6.07 Å². The SMILES string of the molecule is NCc1cccc(Oc2cccc(F)c2F)n1. The molecular weight excluding hydrogens is 226 g/mol. The molecule has 0 fully saturated rings. The molecule has 0 bridgehead atoms. The molecular formula is C12H10F2N2O. The Balaban J connectivity index is 2.28. The highest BCUT2D eigenvalue weighted by molar-refractivity contribution is 5.29. The van der Waals surface area contributed by atoms with Gasteiger partial charge in [-0.25, -0.2) is 9.37 Å². The fourth-order valence-electron chi connectivity index (χ4n) is 1.30. The van der Waals surface area contributed by atoms with E-state index in [4.69, 9.17) is 10.5 Å². The molecule has 0 saturated heterocycles. The number of pyridine rings is 1. The van der Waals surface area contributed by atoms with Gasteiger partial charge in [0.15, 0.2) is 11.6 Å². The van der Waals surface area contributed by atoms with Crippen molar-refractivity contribution in [2.45, 2.75) is 6.54 Å². The Morgan fingerprint density at radius 2 is 1.88 bits per heavy atom. The number of hydrogen-bond donors (Lipinski definition) is 1. The van der Waals surface area contributed by atoms with Crippen LogP contribution in [0.4, 0.5) is 8.78 Å². The lowest BCUT2D eigenvalue weighted by Gasteiger charge is -2.06. The molecule has 0 aliphatic heterocycles. The highest BCUT2D eigenvalue weighted by Gasteiger charge is 2.10. The van der Waals surface area contributed by atoms with Gasteiger partial charge in [0.25, 0.3) is 0 Å². The summed E-state index contributed by atoms with van der Waals surface area (Å²) >= 11 is 0. The second kappa shape index (κ2) is 4.88. The second-order valence-electron chi connectivity index (χ2n) is 3.33. The number of rotatable bonds is 3. The molecule has 88 valence electrons. The lowest BCUT2D eigenvalue weighted by Crippen LogP contribution is -2.00. The van der Waals surface area contributed by atoms with Crippen molar-refractivity contribution in [3.63, 3.8) is 0 Å². The van der Waals surface area contributed by atoms with Gasteiger partial charge in [-0.1, -0.05) is 12.1 Å². The predicted octanol–water partition coefficient (Wildman–Crippen LogP) is 2.61. The molecule has 0 aliphatic carbocycles. The molecule has 5 heteroatoms. The normalized spacial score (nSPS) is 10.3. The van der Waals surface area contributed by atoms with Gasteiger partial charge < -0.3 is 10.5 Å². The fraction of sp³-hybridized carbons (Fsp3) is 0.0833. The quantitative estimate of drug-likeness (QED) is 0.891. The molecule has 0 aliphatic rings. The summed E-state index contributed by atoms with van der Waals surface area (Å²) in [6.07, 6.45) is 0. The van der Waals surface area contributed by atoms with Crippen LogP contribution in [0.3, 0.4) is 0 Å². The molecule has 2 N–H and O–H groups in total. The Morgan fingerprint density at radius 3 is 2.65 bits per heavy atom. The summed E-state index contributed by atoms with van der Waals surface area (Å²) < 4.78 is 31.4. The Bertz CT molecular complexity index is 532. The Labute approximate surface area is 96.9 Å². The van der Waals surface area contributed by atoms with Crippen LogP contribution < -0.4 is 10.5 Å². The van der Waals surface area contributed by atoms with E-state index in [0.29, 0.717) is 5.69 Å². The van der Waals surface area contributed by atoms with Crippen molar-refractivity contribution >= 4 is 0 Å². The van der Waals surface area contributed by atoms with Crippen LogP contribution in [0.2, 0.25) is 0 Å². The number of nitrogens with two attached hydrogens (primary N) is 1. The molecule has 2 rings (SSSR count). The highest BCUT2D eigenvalue weighted by atomic mass is 19.2. The van der Waals surface area contributed by atoms with Gasteiger partial charge in [-0.15, -0.1) is 0 Å². The van der Waals surface area contributed by atoms with Gasteiger partial charge in [0, 0.05) is 12.6 Å². The van der Waals surface area contributed by atoms with E-state index in [-0.39, 0.29) is 18.2 Å². The molecule has 0 spiro atoms. The lowest BCUT2D eigenvalue weighted by atomic mass is 10.3. The average Bonchev–Trinajstić information content (AvgIpc) is 2.35. The summed E-state index contributed by atoms with van der Waals surface area (Å²) in [5, 5.41) is 0. The smallest absolute Gasteiger partial charge is 0.219 e. The number of ether oxygens (including phenoxy) is 1. The van der Waals surface area contributed by atoms with Crippen molar-refractivity contribution in [2.75, 3.05) is 0 Å². The van der Waals surface area contributed by atoms with E-state index in [1.165, 1.54) is 12.1 Å². The van der Waals surface area contributed by atoms with Crippen LogP contribution in [0.15, 0.2) is 36.4 Å². The predicted molar refractivity (Wildman–Crippen MR) is 58.6 cm³/mol. The number of benzene rings is 1. The summed E-state index contributed by atoms with van der Waals surface area (Å²) in [6.45, 7) is 0.253. The zero-order valence-electron chi connectivity index (χ0n) is 8.86. The fourth-order valence-corrected chi connectivity index (χ4v) is 1.30. The third-order valence-corrected chi connectivity index (χ3v) is 2.12. The average molecular weight is 236 g/mol. The number of halogens is 2. The number of hydrogen-bond acceptors (Lipinski definition) is 3. The first-order chi connectivity index (χ1) is 8.20. The minimum absolute atomic E-state index is 0.178. The van der Waals surface area contributed by atoms with E-state index >= 15 is 0 Å². The molecule has 2 aromatic rings. The van der Waals surface area contributed by atoms with Gasteiger partial charge in [0.1, 0.15) is 0 Å². The summed E-state index contributed by atoms with van der Waals surface area (Å²) in [5.41, 5.74) is 6.02. The number of aromatic nitrogens is 1. The summed E-state index contributed by atoms with van der Waals surface area (Å²) in [4.78, 5) is 4.02. The first kappa shape index (κ1) is 11.5. The van der Waals surface area contributed by atoms with Crippen LogP contribution in [0.5, 0.6) is 11.6 Å². The van der Waals surface area contributed by atoms with Crippen molar-refractivity contribution in [3.8, 4) is 11.6 Å². The first-order valence-corrected chi connectivity index (χ1v) is 4.98. The third kappa shape index (κ3) is 2.57. The largest absolute Gasteiger partial charge is 0.436 e. The molecule has 17 heavy (non-hydrogen) atoms. The highest BCUT2D eigenvalue weighted by Crippen LogP contribution is 2.24. The molecule has 1 heterocycles.